The monoisotopic (exact) mass is 316 g/mol. The summed E-state index contributed by atoms with van der Waals surface area (Å²) in [5.74, 6) is 1.72. The van der Waals surface area contributed by atoms with Crippen LogP contribution in [0.1, 0.15) is 46.0 Å². The van der Waals surface area contributed by atoms with Crippen molar-refractivity contribution in [2.24, 2.45) is 11.8 Å². The number of carboxylic acids is 1. The number of amides is 2. The van der Waals surface area contributed by atoms with Gasteiger partial charge in [0.05, 0.1) is 5.92 Å². The summed E-state index contributed by atoms with van der Waals surface area (Å²) in [5, 5.41) is 14.8. The first-order chi connectivity index (χ1) is 10.0. The maximum absolute atomic E-state index is 11.8. The van der Waals surface area contributed by atoms with E-state index in [1.165, 1.54) is 0 Å². The van der Waals surface area contributed by atoms with E-state index in [0.29, 0.717) is 12.5 Å². The Morgan fingerprint density at radius 1 is 1.29 bits per heavy atom. The minimum Gasteiger partial charge on any atom is -0.481 e. The Kier molecular flexibility index (Phi) is 8.57. The Hall–Kier alpha value is -0.910. The van der Waals surface area contributed by atoms with Gasteiger partial charge in [-0.2, -0.15) is 11.8 Å². The molecule has 1 aliphatic rings. The molecule has 0 aromatic rings. The second kappa shape index (κ2) is 9.92. The maximum Gasteiger partial charge on any atom is 0.315 e. The topological polar surface area (TPSA) is 78.4 Å². The Morgan fingerprint density at radius 3 is 2.52 bits per heavy atom. The largest absolute Gasteiger partial charge is 0.481 e. The van der Waals surface area contributed by atoms with Crippen LogP contribution >= 0.6 is 11.8 Å². The fraction of sp³-hybridized carbons (Fsp3) is 0.867. The van der Waals surface area contributed by atoms with Crippen LogP contribution in [0.2, 0.25) is 0 Å². The van der Waals surface area contributed by atoms with Crippen molar-refractivity contribution in [3.05, 3.63) is 0 Å². The van der Waals surface area contributed by atoms with E-state index in [1.807, 2.05) is 18.7 Å². The second-order valence-electron chi connectivity index (χ2n) is 5.80. The standard InChI is InChI=1S/C15H28N2O3S/c1-3-21-9-8-11(2)17-15(20)16-10-12-4-6-13(7-5-12)14(18)19/h11-13H,3-10H2,1-2H3,(H,18,19)(H2,16,17,20). The van der Waals surface area contributed by atoms with Gasteiger partial charge < -0.3 is 15.7 Å². The van der Waals surface area contributed by atoms with Gasteiger partial charge in [0.25, 0.3) is 0 Å². The molecule has 2 amide bonds. The predicted octanol–water partition coefficient (Wildman–Crippen LogP) is 2.71. The Balaban J connectivity index is 2.12. The Labute approximate surface area is 131 Å². The van der Waals surface area contributed by atoms with Crippen LogP contribution in [-0.2, 0) is 4.79 Å². The molecule has 0 saturated heterocycles. The molecule has 1 aliphatic carbocycles. The molecule has 0 radical (unpaired) electrons. The van der Waals surface area contributed by atoms with Crippen LogP contribution < -0.4 is 10.6 Å². The number of rotatable bonds is 8. The molecular formula is C15H28N2O3S. The highest BCUT2D eigenvalue weighted by Crippen LogP contribution is 2.28. The molecule has 21 heavy (non-hydrogen) atoms. The first-order valence-electron chi connectivity index (χ1n) is 7.87. The number of carbonyl (C=O) groups is 2. The summed E-state index contributed by atoms with van der Waals surface area (Å²) in [6.07, 6.45) is 4.22. The van der Waals surface area contributed by atoms with E-state index in [2.05, 4.69) is 17.6 Å². The highest BCUT2D eigenvalue weighted by Gasteiger charge is 2.25. The van der Waals surface area contributed by atoms with Gasteiger partial charge in [0, 0.05) is 12.6 Å². The molecule has 0 aromatic carbocycles. The van der Waals surface area contributed by atoms with Gasteiger partial charge in [-0.05, 0) is 56.5 Å². The molecule has 5 nitrogen and oxygen atoms in total. The quantitative estimate of drug-likeness (QED) is 0.602. The molecule has 0 heterocycles. The molecule has 1 fully saturated rings. The average Bonchev–Trinajstić information content (AvgIpc) is 2.46. The van der Waals surface area contributed by atoms with Crippen LogP contribution in [0, 0.1) is 11.8 Å². The molecular weight excluding hydrogens is 288 g/mol. The summed E-state index contributed by atoms with van der Waals surface area (Å²) in [7, 11) is 0. The number of nitrogens with one attached hydrogen (secondary N) is 2. The summed E-state index contributed by atoms with van der Waals surface area (Å²) in [6.45, 7) is 4.80. The summed E-state index contributed by atoms with van der Waals surface area (Å²) in [5.41, 5.74) is 0. The van der Waals surface area contributed by atoms with E-state index in [0.717, 1.165) is 43.6 Å². The molecule has 0 aliphatic heterocycles. The first-order valence-corrected chi connectivity index (χ1v) is 9.03. The summed E-state index contributed by atoms with van der Waals surface area (Å²) >= 11 is 1.88. The third-order valence-electron chi connectivity index (χ3n) is 4.02. The zero-order valence-electron chi connectivity index (χ0n) is 13.1. The minimum absolute atomic E-state index is 0.107. The minimum atomic E-state index is -0.682. The second-order valence-corrected chi connectivity index (χ2v) is 7.19. The normalized spacial score (nSPS) is 23.3. The van der Waals surface area contributed by atoms with Crippen LogP contribution in [0.15, 0.2) is 0 Å². The van der Waals surface area contributed by atoms with Crippen LogP contribution in [-0.4, -0.2) is 41.2 Å². The number of urea groups is 1. The molecule has 3 N–H and O–H groups in total. The number of thioether (sulfide) groups is 1. The lowest BCUT2D eigenvalue weighted by molar-refractivity contribution is -0.143. The van der Waals surface area contributed by atoms with E-state index in [-0.39, 0.29) is 18.0 Å². The van der Waals surface area contributed by atoms with E-state index in [4.69, 9.17) is 5.11 Å². The zero-order chi connectivity index (χ0) is 15.7. The van der Waals surface area contributed by atoms with Crippen molar-refractivity contribution in [1.29, 1.82) is 0 Å². The molecule has 0 spiro atoms. The third kappa shape index (κ3) is 7.60. The summed E-state index contributed by atoms with van der Waals surface area (Å²) in [6, 6.07) is 0.0798. The highest BCUT2D eigenvalue weighted by molar-refractivity contribution is 7.99. The number of hydrogen-bond acceptors (Lipinski definition) is 3. The number of hydrogen-bond donors (Lipinski definition) is 3. The van der Waals surface area contributed by atoms with Gasteiger partial charge in [-0.3, -0.25) is 4.79 Å². The van der Waals surface area contributed by atoms with Crippen molar-refractivity contribution in [3.63, 3.8) is 0 Å². The van der Waals surface area contributed by atoms with Crippen molar-refractivity contribution in [2.45, 2.75) is 52.0 Å². The van der Waals surface area contributed by atoms with Crippen molar-refractivity contribution in [1.82, 2.24) is 10.6 Å². The van der Waals surface area contributed by atoms with Gasteiger partial charge in [-0.1, -0.05) is 6.92 Å². The molecule has 122 valence electrons. The number of carboxylic acid groups (broad SMARTS) is 1. The smallest absolute Gasteiger partial charge is 0.315 e. The van der Waals surface area contributed by atoms with Crippen LogP contribution in [0.3, 0.4) is 0 Å². The lowest BCUT2D eigenvalue weighted by Gasteiger charge is -2.26. The SMILES string of the molecule is CCSCCC(C)NC(=O)NCC1CCC(C(=O)O)CC1. The van der Waals surface area contributed by atoms with Gasteiger partial charge in [-0.15, -0.1) is 0 Å². The summed E-state index contributed by atoms with van der Waals surface area (Å²) in [4.78, 5) is 22.7. The fourth-order valence-corrected chi connectivity index (χ4v) is 3.41. The Bertz CT molecular complexity index is 331. The molecule has 0 aromatic heterocycles. The van der Waals surface area contributed by atoms with E-state index in [1.54, 1.807) is 0 Å². The van der Waals surface area contributed by atoms with Gasteiger partial charge in [0.15, 0.2) is 0 Å². The fourth-order valence-electron chi connectivity index (χ4n) is 2.60. The summed E-state index contributed by atoms with van der Waals surface area (Å²) < 4.78 is 0. The maximum atomic E-state index is 11.8. The van der Waals surface area contributed by atoms with Crippen molar-refractivity contribution in [2.75, 3.05) is 18.1 Å². The lowest BCUT2D eigenvalue weighted by Crippen LogP contribution is -2.43. The first kappa shape index (κ1) is 18.1. The van der Waals surface area contributed by atoms with Crippen molar-refractivity contribution < 1.29 is 14.7 Å². The third-order valence-corrected chi connectivity index (χ3v) is 4.96. The molecule has 1 saturated carbocycles. The van der Waals surface area contributed by atoms with Gasteiger partial charge in [0.1, 0.15) is 0 Å². The Morgan fingerprint density at radius 2 is 1.95 bits per heavy atom. The van der Waals surface area contributed by atoms with E-state index < -0.39 is 5.97 Å². The molecule has 1 atom stereocenters. The van der Waals surface area contributed by atoms with E-state index >= 15 is 0 Å². The lowest BCUT2D eigenvalue weighted by atomic mass is 9.82. The molecule has 6 heteroatoms. The van der Waals surface area contributed by atoms with E-state index in [9.17, 15) is 9.59 Å². The number of aliphatic carboxylic acids is 1. The van der Waals surface area contributed by atoms with Gasteiger partial charge >= 0.3 is 12.0 Å². The van der Waals surface area contributed by atoms with Crippen LogP contribution in [0.25, 0.3) is 0 Å². The van der Waals surface area contributed by atoms with Crippen molar-refractivity contribution in [3.8, 4) is 0 Å². The van der Waals surface area contributed by atoms with Crippen LogP contribution in [0.4, 0.5) is 4.79 Å². The molecule has 0 bridgehead atoms. The van der Waals surface area contributed by atoms with Gasteiger partial charge in [0.2, 0.25) is 0 Å². The zero-order valence-corrected chi connectivity index (χ0v) is 13.9. The molecule has 1 rings (SSSR count). The van der Waals surface area contributed by atoms with Gasteiger partial charge in [-0.25, -0.2) is 4.79 Å². The average molecular weight is 316 g/mol. The van der Waals surface area contributed by atoms with Crippen molar-refractivity contribution >= 4 is 23.8 Å². The highest BCUT2D eigenvalue weighted by atomic mass is 32.2. The number of carbonyl (C=O) groups excluding carboxylic acids is 1. The predicted molar refractivity (Wildman–Crippen MR) is 86.7 cm³/mol. The molecule has 1 unspecified atom stereocenters. The van der Waals surface area contributed by atoms with Crippen LogP contribution in [0.5, 0.6) is 0 Å².